The minimum Gasteiger partial charge on any atom is -0.459 e. The van der Waals surface area contributed by atoms with Crippen molar-refractivity contribution in [1.82, 2.24) is 30.2 Å². The fourth-order valence-corrected chi connectivity index (χ4v) is 13.0. The molecule has 1 saturated carbocycles. The second-order valence-electron chi connectivity index (χ2n) is 25.4. The van der Waals surface area contributed by atoms with Crippen LogP contribution in [0.15, 0.2) is 72.4 Å². The number of cyclic esters (lactones) is 1. The molecular weight excluding hydrogens is 1160 g/mol. The highest BCUT2D eigenvalue weighted by Crippen LogP contribution is 2.38. The number of allylic oxidation sites excluding steroid dienone is 6. The van der Waals surface area contributed by atoms with Crippen LogP contribution in [-0.4, -0.2) is 196 Å². The van der Waals surface area contributed by atoms with Gasteiger partial charge in [0.15, 0.2) is 5.78 Å². The number of nitrogens with zero attached hydrogens (tertiary/aromatic N) is 7. The Hall–Kier alpha value is -6.38. The van der Waals surface area contributed by atoms with Crippen LogP contribution in [0.2, 0.25) is 0 Å². The first-order valence-electron chi connectivity index (χ1n) is 31.9. The number of aliphatic hydroxyl groups is 3. The van der Waals surface area contributed by atoms with Crippen LogP contribution in [0.25, 0.3) is 0 Å². The number of ether oxygens (including phenoxy) is 6. The molecule has 7 rings (SSSR count). The molecule has 0 spiro atoms. The van der Waals surface area contributed by atoms with Gasteiger partial charge in [0.25, 0.3) is 11.7 Å². The van der Waals surface area contributed by atoms with E-state index in [1.54, 1.807) is 65.7 Å². The minimum atomic E-state index is -2.50. The zero-order chi connectivity index (χ0) is 65.4. The van der Waals surface area contributed by atoms with Gasteiger partial charge in [-0.2, -0.15) is 0 Å². The number of nitrogens with two attached hydrogens (primary N) is 1. The average Bonchev–Trinajstić information content (AvgIpc) is 1.07. The summed E-state index contributed by atoms with van der Waals surface area (Å²) in [6.45, 7) is 14.1. The monoisotopic (exact) mass is 1260 g/mol. The van der Waals surface area contributed by atoms with Crippen molar-refractivity contribution in [3.8, 4) is 0 Å². The third-order valence-electron chi connectivity index (χ3n) is 18.6. The van der Waals surface area contributed by atoms with Crippen LogP contribution in [0, 0.1) is 36.5 Å². The van der Waals surface area contributed by atoms with Gasteiger partial charge in [-0.25, -0.2) is 29.5 Å². The summed E-state index contributed by atoms with van der Waals surface area (Å²) in [5.74, 6) is -7.62. The summed E-state index contributed by atoms with van der Waals surface area (Å²) in [6.07, 6.45) is 14.9. The van der Waals surface area contributed by atoms with E-state index in [0.717, 1.165) is 16.0 Å². The molecule has 2 amide bonds. The molecule has 0 radical (unpaired) electrons. The number of aliphatic hydroxyl groups excluding tert-OH is 2. The molecule has 24 nitrogen and oxygen atoms in total. The number of piperazine rings is 1. The molecule has 1 aliphatic carbocycles. The molecule has 2 aromatic rings. The van der Waals surface area contributed by atoms with Crippen LogP contribution in [0.1, 0.15) is 130 Å². The molecule has 16 atom stereocenters. The molecule has 0 aromatic carbocycles. The Bertz CT molecular complexity index is 2870. The zero-order valence-electron chi connectivity index (χ0n) is 54.1. The molecule has 6 N–H and O–H groups in total. The number of aromatic nitrogens is 4. The van der Waals surface area contributed by atoms with Crippen LogP contribution in [0.4, 0.5) is 16.7 Å². The molecule has 4 aliphatic heterocycles. The van der Waals surface area contributed by atoms with Crippen molar-refractivity contribution < 1.29 is 72.5 Å². The van der Waals surface area contributed by atoms with E-state index in [9.17, 15) is 44.1 Å². The molecule has 496 valence electrons. The van der Waals surface area contributed by atoms with Crippen molar-refractivity contribution in [2.24, 2.45) is 35.3 Å². The van der Waals surface area contributed by atoms with E-state index in [-0.39, 0.29) is 69.0 Å². The van der Waals surface area contributed by atoms with E-state index >= 15 is 0 Å². The highest BCUT2D eigenvalue weighted by molar-refractivity contribution is 6.39. The van der Waals surface area contributed by atoms with Gasteiger partial charge in [-0.3, -0.25) is 19.2 Å². The molecule has 2 bridgehead atoms. The number of alkyl carbamates (subject to hydrolysis) is 1. The van der Waals surface area contributed by atoms with Crippen molar-refractivity contribution in [2.45, 2.75) is 199 Å². The third-order valence-corrected chi connectivity index (χ3v) is 18.6. The second-order valence-corrected chi connectivity index (χ2v) is 25.4. The van der Waals surface area contributed by atoms with E-state index in [1.165, 1.54) is 14.2 Å². The van der Waals surface area contributed by atoms with Crippen LogP contribution in [-0.2, 0) is 58.9 Å². The van der Waals surface area contributed by atoms with Crippen LogP contribution >= 0.6 is 0 Å². The number of hydrogen-bond donors (Lipinski definition) is 5. The van der Waals surface area contributed by atoms with Gasteiger partial charge in [0.1, 0.15) is 36.2 Å². The maximum Gasteiger partial charge on any atom is 0.407 e. The van der Waals surface area contributed by atoms with Crippen molar-refractivity contribution in [1.29, 1.82) is 0 Å². The Kier molecular flexibility index (Phi) is 26.3. The topological polar surface area (TPSA) is 318 Å². The van der Waals surface area contributed by atoms with Crippen LogP contribution in [0.5, 0.6) is 0 Å². The Morgan fingerprint density at radius 2 is 1.53 bits per heavy atom. The van der Waals surface area contributed by atoms with Gasteiger partial charge >= 0.3 is 12.1 Å². The first-order chi connectivity index (χ1) is 43.0. The van der Waals surface area contributed by atoms with Crippen molar-refractivity contribution >= 4 is 47.2 Å². The smallest absolute Gasteiger partial charge is 0.407 e. The number of piperidine rings is 1. The number of hydrogen-bond acceptors (Lipinski definition) is 22. The molecule has 3 saturated heterocycles. The van der Waals surface area contributed by atoms with Gasteiger partial charge in [-0.15, -0.1) is 0 Å². The Morgan fingerprint density at radius 1 is 0.811 bits per heavy atom. The first-order valence-corrected chi connectivity index (χ1v) is 31.9. The van der Waals surface area contributed by atoms with Gasteiger partial charge in [-0.1, -0.05) is 64.2 Å². The fourth-order valence-electron chi connectivity index (χ4n) is 13.0. The number of Topliss-reactive ketones (excluding diaryl/α,β-unsaturated/α-hetero) is 3. The largest absolute Gasteiger partial charge is 0.459 e. The van der Waals surface area contributed by atoms with E-state index in [2.05, 4.69) is 25.3 Å². The molecule has 2 aromatic heterocycles. The van der Waals surface area contributed by atoms with Crippen LogP contribution < -0.4 is 20.9 Å². The maximum atomic E-state index is 14.7. The number of nitrogens with one attached hydrogen (secondary N) is 1. The Labute approximate surface area is 529 Å². The number of amides is 2. The number of aryl methyl sites for hydroxylation is 1. The number of carbonyl (C=O) groups excluding carboxylic acids is 6. The van der Waals surface area contributed by atoms with E-state index in [0.29, 0.717) is 94.0 Å². The molecule has 6 heterocycles. The summed E-state index contributed by atoms with van der Waals surface area (Å²) in [5.41, 5.74) is 9.79. The summed E-state index contributed by atoms with van der Waals surface area (Å²) >= 11 is 0. The summed E-state index contributed by atoms with van der Waals surface area (Å²) in [7, 11) is 4.44. The predicted octanol–water partition coefficient (Wildman–Crippen LogP) is 5.38. The summed E-state index contributed by atoms with van der Waals surface area (Å²) in [6, 6.07) is -2.51. The lowest BCUT2D eigenvalue weighted by atomic mass is 9.80. The SMILES string of the molecule is CO[C@H]1C[C@@H]2CC[C@@H](C)[C@@](O)(O2)C(=O)C(=O)N2CCCC[C@H]2C(=O)O[C@H]([C@H](N)C[C@@H]2CC[C@@H](OC(=O)NCc3cnc(N4CCN(c5ncc(C)cn5)CC4CO)nc3)[C@H](OC)C2)CC(=O)[C@H](C)/C=C(\C)[C@@H](O)[C@@H](OC)C(=O)[C@H](C)C[C@H](C)/C=C/C=C/C=C/1C. The lowest BCUT2D eigenvalue weighted by Gasteiger charge is -2.42. The number of rotatable bonds is 12. The predicted molar refractivity (Wildman–Crippen MR) is 334 cm³/mol. The van der Waals surface area contributed by atoms with E-state index in [1.807, 2.05) is 61.0 Å². The van der Waals surface area contributed by atoms with Gasteiger partial charge in [0.05, 0.1) is 31.0 Å². The van der Waals surface area contributed by atoms with Crippen molar-refractivity contribution in [3.63, 3.8) is 0 Å². The molecule has 24 heteroatoms. The van der Waals surface area contributed by atoms with Gasteiger partial charge < -0.3 is 69.5 Å². The number of fused-ring (bicyclic) bond motifs is 3. The van der Waals surface area contributed by atoms with E-state index < -0.39 is 108 Å². The summed E-state index contributed by atoms with van der Waals surface area (Å²) < 4.78 is 35.7. The standard InChI is InChI=1S/C66H97N9O15/c1-39-16-12-11-13-17-41(3)54(85-8)30-49-21-19-45(7)66(84,90-49)60(80)61(81)75-23-15-14-18-51(75)62(82)88-55(31-52(77)42(4)27-44(6)58(79)59(87-10)57(78)43(5)26-39)50(67)28-46-20-22-53(56(29-46)86-9)89-65(83)72-36-47-34-70-64(71-35-47)74-25-24-73(37-48(74)38-76)63-68-32-40(2)33-69-63/h11-13,16-17,27,32-35,39,42-43,45-46,48-51,53-56,58-59,76,79,84H,14-15,18-26,28-31,36-38,67H2,1-10H3,(H,72,83)/b13-11+,16-12+,41-17+,44-27+/t39-,42-,43-,45-,46+,48?,49+,50-,51+,53-,54+,55+,56-,58-,59+,66-/m1/s1. The maximum absolute atomic E-state index is 14.7. The molecule has 4 fully saturated rings. The normalized spacial score (nSPS) is 34.2. The highest BCUT2D eigenvalue weighted by Gasteiger charge is 2.53. The fraction of sp³-hybridized carbons (Fsp3) is 0.667. The van der Waals surface area contributed by atoms with Gasteiger partial charge in [-0.05, 0) is 114 Å². The lowest BCUT2D eigenvalue weighted by Crippen LogP contribution is -2.61. The summed E-state index contributed by atoms with van der Waals surface area (Å²) in [4.78, 5) is 108. The highest BCUT2D eigenvalue weighted by atomic mass is 16.6. The molecule has 5 aliphatic rings. The summed E-state index contributed by atoms with van der Waals surface area (Å²) in [5, 5.41) is 36.8. The molecular formula is C66H97N9O15. The quantitative estimate of drug-likeness (QED) is 0.101. The van der Waals surface area contributed by atoms with Crippen LogP contribution in [0.3, 0.4) is 0 Å². The number of esters is 1. The van der Waals surface area contributed by atoms with E-state index in [4.69, 9.17) is 34.2 Å². The lowest BCUT2D eigenvalue weighted by molar-refractivity contribution is -0.265. The Morgan fingerprint density at radius 3 is 2.22 bits per heavy atom. The number of anilines is 2. The second kappa shape index (κ2) is 33.3. The van der Waals surface area contributed by atoms with Gasteiger partial charge in [0.2, 0.25) is 17.7 Å². The van der Waals surface area contributed by atoms with Gasteiger partial charge in [0, 0.05) is 121 Å². The zero-order valence-corrected chi connectivity index (χ0v) is 54.1. The molecule has 1 unspecified atom stereocenters. The Balaban J connectivity index is 1.04. The third kappa shape index (κ3) is 18.4. The number of ketones is 3. The number of methoxy groups -OCH3 is 3. The number of carbonyl (C=O) groups is 6. The average molecular weight is 1260 g/mol. The van der Waals surface area contributed by atoms with Crippen molar-refractivity contribution in [2.75, 3.05) is 63.9 Å². The molecule has 90 heavy (non-hydrogen) atoms. The first kappa shape index (κ1) is 71.1. The minimum absolute atomic E-state index is 0.0131. The van der Waals surface area contributed by atoms with Crippen molar-refractivity contribution in [3.05, 3.63) is 83.5 Å².